The number of benzene rings is 1. The molecular formula is C20H25N7O. The van der Waals surface area contributed by atoms with Crippen LogP contribution in [0.3, 0.4) is 0 Å². The van der Waals surface area contributed by atoms with Crippen molar-refractivity contribution in [1.82, 2.24) is 14.9 Å². The number of para-hydroxylation sites is 1. The number of carbonyl (C=O) groups is 1. The van der Waals surface area contributed by atoms with Crippen molar-refractivity contribution in [3.05, 3.63) is 48.3 Å². The molecule has 2 aliphatic rings. The van der Waals surface area contributed by atoms with Gasteiger partial charge in [0.2, 0.25) is 11.9 Å². The zero-order valence-corrected chi connectivity index (χ0v) is 15.9. The minimum Gasteiger partial charge on any atom is -0.370 e. The molecule has 0 atom stereocenters. The smallest absolute Gasteiger partial charge is 0.248 e. The van der Waals surface area contributed by atoms with Crippen molar-refractivity contribution in [1.29, 1.82) is 0 Å². The maximum absolute atomic E-state index is 12.7. The van der Waals surface area contributed by atoms with Gasteiger partial charge in [-0.15, -0.1) is 0 Å². The number of anilines is 2. The minimum atomic E-state index is -0.00794. The van der Waals surface area contributed by atoms with Crippen LogP contribution in [-0.4, -0.2) is 66.0 Å². The molecule has 1 fully saturated rings. The molecule has 3 heterocycles. The molecule has 0 bridgehead atoms. The van der Waals surface area contributed by atoms with E-state index in [2.05, 4.69) is 25.9 Å². The van der Waals surface area contributed by atoms with E-state index < -0.39 is 0 Å². The summed E-state index contributed by atoms with van der Waals surface area (Å²) in [4.78, 5) is 31.6. The van der Waals surface area contributed by atoms with Crippen LogP contribution in [0.5, 0.6) is 0 Å². The average Bonchev–Trinajstić information content (AvgIpc) is 2.77. The van der Waals surface area contributed by atoms with E-state index in [9.17, 15) is 4.79 Å². The van der Waals surface area contributed by atoms with Crippen molar-refractivity contribution < 1.29 is 4.79 Å². The third-order valence-electron chi connectivity index (χ3n) is 5.23. The molecule has 0 aliphatic carbocycles. The molecule has 0 radical (unpaired) electrons. The number of nitrogens with zero attached hydrogens (tertiary/aromatic N) is 6. The number of hydrogen-bond donors (Lipinski definition) is 1. The summed E-state index contributed by atoms with van der Waals surface area (Å²) in [5.41, 5.74) is 8.38. The Morgan fingerprint density at radius 3 is 2.57 bits per heavy atom. The van der Waals surface area contributed by atoms with Gasteiger partial charge in [-0.25, -0.2) is 15.0 Å². The summed E-state index contributed by atoms with van der Waals surface area (Å²) in [7, 11) is 0. The number of aromatic nitrogens is 2. The number of piperazine rings is 1. The SMILES string of the molecule is NC(=NCC(=O)N1CCCc2ccccc21)N1CCN(c2ncccn2)CC1. The number of hydrogen-bond acceptors (Lipinski definition) is 5. The van der Waals surface area contributed by atoms with E-state index in [-0.39, 0.29) is 12.5 Å². The van der Waals surface area contributed by atoms with Crippen LogP contribution in [0.15, 0.2) is 47.7 Å². The lowest BCUT2D eigenvalue weighted by Gasteiger charge is -2.35. The molecule has 1 saturated heterocycles. The van der Waals surface area contributed by atoms with E-state index in [1.54, 1.807) is 12.4 Å². The zero-order valence-electron chi connectivity index (χ0n) is 15.9. The fourth-order valence-corrected chi connectivity index (χ4v) is 3.72. The van der Waals surface area contributed by atoms with Crippen molar-refractivity contribution in [2.24, 2.45) is 10.7 Å². The van der Waals surface area contributed by atoms with Gasteiger partial charge >= 0.3 is 0 Å². The van der Waals surface area contributed by atoms with Crippen LogP contribution in [0.2, 0.25) is 0 Å². The Kier molecular flexibility index (Phi) is 5.36. The van der Waals surface area contributed by atoms with Crippen molar-refractivity contribution in [2.75, 3.05) is 49.1 Å². The number of amides is 1. The van der Waals surface area contributed by atoms with Crippen LogP contribution >= 0.6 is 0 Å². The highest BCUT2D eigenvalue weighted by Crippen LogP contribution is 2.26. The normalized spacial score (nSPS) is 17.4. The maximum atomic E-state index is 12.7. The van der Waals surface area contributed by atoms with Crippen LogP contribution in [-0.2, 0) is 11.2 Å². The number of aliphatic imine (C=N–C) groups is 1. The molecule has 2 aromatic rings. The van der Waals surface area contributed by atoms with Crippen molar-refractivity contribution >= 4 is 23.5 Å². The number of nitrogens with two attached hydrogens (primary N) is 1. The second-order valence-corrected chi connectivity index (χ2v) is 6.97. The van der Waals surface area contributed by atoms with Gasteiger partial charge < -0.3 is 20.4 Å². The Morgan fingerprint density at radius 2 is 1.79 bits per heavy atom. The monoisotopic (exact) mass is 379 g/mol. The highest BCUT2D eigenvalue weighted by atomic mass is 16.2. The Balaban J connectivity index is 1.34. The van der Waals surface area contributed by atoms with Gasteiger partial charge in [0.1, 0.15) is 6.54 Å². The molecule has 0 saturated carbocycles. The topological polar surface area (TPSA) is 91.0 Å². The number of guanidine groups is 1. The molecule has 2 N–H and O–H groups in total. The Bertz CT molecular complexity index is 847. The molecule has 2 aliphatic heterocycles. The molecular weight excluding hydrogens is 354 g/mol. The summed E-state index contributed by atoms with van der Waals surface area (Å²) >= 11 is 0. The first kappa shape index (κ1) is 18.2. The van der Waals surface area contributed by atoms with Crippen LogP contribution in [0, 0.1) is 0 Å². The van der Waals surface area contributed by atoms with Crippen LogP contribution in [0.25, 0.3) is 0 Å². The Labute approximate surface area is 164 Å². The highest BCUT2D eigenvalue weighted by molar-refractivity contribution is 5.97. The zero-order chi connectivity index (χ0) is 19.3. The van der Waals surface area contributed by atoms with Crippen LogP contribution in [0.1, 0.15) is 12.0 Å². The second-order valence-electron chi connectivity index (χ2n) is 6.97. The molecule has 146 valence electrons. The van der Waals surface area contributed by atoms with E-state index in [1.807, 2.05) is 34.1 Å². The molecule has 8 heteroatoms. The molecule has 0 unspecified atom stereocenters. The summed E-state index contributed by atoms with van der Waals surface area (Å²) in [6.07, 6.45) is 5.48. The van der Waals surface area contributed by atoms with Gasteiger partial charge in [-0.2, -0.15) is 0 Å². The Morgan fingerprint density at radius 1 is 1.04 bits per heavy atom. The largest absolute Gasteiger partial charge is 0.370 e. The van der Waals surface area contributed by atoms with Crippen molar-refractivity contribution in [3.8, 4) is 0 Å². The molecule has 1 amide bonds. The first-order chi connectivity index (χ1) is 13.7. The molecule has 28 heavy (non-hydrogen) atoms. The lowest BCUT2D eigenvalue weighted by atomic mass is 10.0. The standard InChI is InChI=1S/C20H25N7O/c21-19(25-11-13-26(14-12-25)20-22-8-4-9-23-20)24-15-18(28)27-10-3-6-16-5-1-2-7-17(16)27/h1-2,4-5,7-9H,3,6,10-15H2,(H2,21,24). The summed E-state index contributed by atoms with van der Waals surface area (Å²) in [5, 5.41) is 0. The van der Waals surface area contributed by atoms with Crippen LogP contribution in [0.4, 0.5) is 11.6 Å². The van der Waals surface area contributed by atoms with Gasteiger partial charge in [0.05, 0.1) is 0 Å². The molecule has 8 nitrogen and oxygen atoms in total. The van der Waals surface area contributed by atoms with E-state index in [0.29, 0.717) is 5.96 Å². The summed E-state index contributed by atoms with van der Waals surface area (Å²) < 4.78 is 0. The van der Waals surface area contributed by atoms with E-state index in [0.717, 1.165) is 57.2 Å². The summed E-state index contributed by atoms with van der Waals surface area (Å²) in [6.45, 7) is 3.81. The van der Waals surface area contributed by atoms with Crippen molar-refractivity contribution in [3.63, 3.8) is 0 Å². The lowest BCUT2D eigenvalue weighted by molar-refractivity contribution is -0.117. The number of rotatable bonds is 3. The average molecular weight is 379 g/mol. The van der Waals surface area contributed by atoms with Gasteiger partial charge in [0, 0.05) is 50.8 Å². The van der Waals surface area contributed by atoms with Gasteiger partial charge in [-0.05, 0) is 30.5 Å². The summed E-state index contributed by atoms with van der Waals surface area (Å²) in [6, 6.07) is 9.88. The number of carbonyl (C=O) groups excluding carboxylic acids is 1. The fraction of sp³-hybridized carbons (Fsp3) is 0.400. The first-order valence-corrected chi connectivity index (χ1v) is 9.67. The van der Waals surface area contributed by atoms with E-state index >= 15 is 0 Å². The van der Waals surface area contributed by atoms with E-state index in [4.69, 9.17) is 5.73 Å². The lowest BCUT2D eigenvalue weighted by Crippen LogP contribution is -2.51. The van der Waals surface area contributed by atoms with Gasteiger partial charge in [0.25, 0.3) is 0 Å². The van der Waals surface area contributed by atoms with Gasteiger partial charge in [-0.1, -0.05) is 18.2 Å². The molecule has 1 aromatic heterocycles. The molecule has 1 aromatic carbocycles. The van der Waals surface area contributed by atoms with E-state index in [1.165, 1.54) is 5.56 Å². The second kappa shape index (κ2) is 8.24. The Hall–Kier alpha value is -3.16. The highest BCUT2D eigenvalue weighted by Gasteiger charge is 2.23. The quantitative estimate of drug-likeness (QED) is 0.629. The number of fused-ring (bicyclic) bond motifs is 1. The third-order valence-corrected chi connectivity index (χ3v) is 5.23. The fourth-order valence-electron chi connectivity index (χ4n) is 3.72. The molecule has 0 spiro atoms. The summed E-state index contributed by atoms with van der Waals surface area (Å²) in [5.74, 6) is 1.15. The van der Waals surface area contributed by atoms with Gasteiger partial charge in [-0.3, -0.25) is 4.79 Å². The van der Waals surface area contributed by atoms with Gasteiger partial charge in [0.15, 0.2) is 5.96 Å². The molecule has 4 rings (SSSR count). The van der Waals surface area contributed by atoms with Crippen molar-refractivity contribution in [2.45, 2.75) is 12.8 Å². The third kappa shape index (κ3) is 3.90. The number of aryl methyl sites for hydroxylation is 1. The van der Waals surface area contributed by atoms with Crippen LogP contribution < -0.4 is 15.5 Å². The first-order valence-electron chi connectivity index (χ1n) is 9.67. The minimum absolute atomic E-state index is 0.00794. The maximum Gasteiger partial charge on any atom is 0.248 e. The predicted molar refractivity (Wildman–Crippen MR) is 109 cm³/mol. The predicted octanol–water partition coefficient (Wildman–Crippen LogP) is 0.893.